The molecule has 1 N–H and O–H groups in total. The Bertz CT molecular complexity index is 1330. The van der Waals surface area contributed by atoms with Gasteiger partial charge in [-0.1, -0.05) is 18.2 Å². The van der Waals surface area contributed by atoms with Crippen molar-refractivity contribution in [2.24, 2.45) is 5.10 Å². The summed E-state index contributed by atoms with van der Waals surface area (Å²) in [6.07, 6.45) is 3.03. The highest BCUT2D eigenvalue weighted by Gasteiger charge is 2.22. The molecule has 3 heterocycles. The van der Waals surface area contributed by atoms with E-state index in [1.807, 2.05) is 37.3 Å². The second-order valence-electron chi connectivity index (χ2n) is 6.78. The van der Waals surface area contributed by atoms with E-state index >= 15 is 0 Å². The minimum Gasteiger partial charge on any atom is -0.454 e. The molecule has 1 aliphatic rings. The van der Waals surface area contributed by atoms with Gasteiger partial charge in [0.2, 0.25) is 6.79 Å². The lowest BCUT2D eigenvalue weighted by Gasteiger charge is -2.05. The Morgan fingerprint density at radius 1 is 1.19 bits per heavy atom. The third kappa shape index (κ3) is 3.29. The summed E-state index contributed by atoms with van der Waals surface area (Å²) in [7, 11) is 0. The maximum atomic E-state index is 11.4. The third-order valence-electron chi connectivity index (χ3n) is 4.85. The van der Waals surface area contributed by atoms with Crippen LogP contribution in [0.5, 0.6) is 11.5 Å². The summed E-state index contributed by atoms with van der Waals surface area (Å²) in [5, 5.41) is 21.0. The van der Waals surface area contributed by atoms with Crippen LogP contribution in [0.1, 0.15) is 11.3 Å². The Hall–Kier alpha value is -4.47. The van der Waals surface area contributed by atoms with Gasteiger partial charge in [-0.2, -0.15) is 10.2 Å². The molecular formula is C21H16N6O4. The number of rotatable bonds is 5. The highest BCUT2D eigenvalue weighted by Crippen LogP contribution is 2.37. The molecule has 0 radical (unpaired) electrons. The van der Waals surface area contributed by atoms with Crippen molar-refractivity contribution in [3.63, 3.8) is 0 Å². The van der Waals surface area contributed by atoms with Crippen molar-refractivity contribution in [1.82, 2.24) is 14.8 Å². The first-order chi connectivity index (χ1) is 15.1. The van der Waals surface area contributed by atoms with E-state index in [1.54, 1.807) is 16.9 Å². The Balaban J connectivity index is 1.49. The van der Waals surface area contributed by atoms with Crippen LogP contribution in [0, 0.1) is 17.0 Å². The number of anilines is 1. The number of nitrogens with one attached hydrogen (secondary N) is 1. The van der Waals surface area contributed by atoms with Gasteiger partial charge in [0.15, 0.2) is 17.1 Å². The number of nitro groups is 1. The largest absolute Gasteiger partial charge is 0.454 e. The zero-order valence-corrected chi connectivity index (χ0v) is 16.3. The quantitative estimate of drug-likeness (QED) is 0.299. The molecule has 10 heteroatoms. The van der Waals surface area contributed by atoms with Crippen LogP contribution in [0.2, 0.25) is 0 Å². The number of para-hydroxylation sites is 1. The molecule has 4 aromatic rings. The minimum absolute atomic E-state index is 0.0327. The summed E-state index contributed by atoms with van der Waals surface area (Å²) < 4.78 is 12.3. The van der Waals surface area contributed by atoms with Gasteiger partial charge in [-0.05, 0) is 31.2 Å². The van der Waals surface area contributed by atoms with Crippen molar-refractivity contribution in [2.75, 3.05) is 12.2 Å². The number of hydrogen-bond donors (Lipinski definition) is 1. The van der Waals surface area contributed by atoms with E-state index < -0.39 is 4.92 Å². The molecular weight excluding hydrogens is 400 g/mol. The second kappa shape index (κ2) is 7.41. The number of ether oxygens (including phenoxy) is 2. The summed E-state index contributed by atoms with van der Waals surface area (Å²) in [5.74, 6) is 0.787. The molecule has 0 bridgehead atoms. The van der Waals surface area contributed by atoms with Crippen LogP contribution in [-0.4, -0.2) is 32.7 Å². The number of nitro benzene ring substituents is 1. The van der Waals surface area contributed by atoms with Crippen molar-refractivity contribution in [3.8, 4) is 17.2 Å². The molecule has 2 aromatic carbocycles. The van der Waals surface area contributed by atoms with E-state index in [1.165, 1.54) is 18.3 Å². The maximum absolute atomic E-state index is 11.4. The third-order valence-corrected chi connectivity index (χ3v) is 4.85. The first-order valence-corrected chi connectivity index (χ1v) is 9.38. The second-order valence-corrected chi connectivity index (χ2v) is 6.78. The number of nitrogens with zero attached hydrogens (tertiary/aromatic N) is 5. The van der Waals surface area contributed by atoms with E-state index in [2.05, 4.69) is 20.6 Å². The Morgan fingerprint density at radius 3 is 2.74 bits per heavy atom. The zero-order valence-electron chi connectivity index (χ0n) is 16.3. The molecule has 0 saturated carbocycles. The average molecular weight is 416 g/mol. The fraction of sp³-hybridized carbons (Fsp3) is 0.0952. The molecule has 10 nitrogen and oxygen atoms in total. The van der Waals surface area contributed by atoms with Crippen LogP contribution < -0.4 is 14.9 Å². The van der Waals surface area contributed by atoms with Gasteiger partial charge in [0.1, 0.15) is 0 Å². The van der Waals surface area contributed by atoms with Crippen molar-refractivity contribution in [3.05, 3.63) is 76.1 Å². The number of benzene rings is 2. The number of fused-ring (bicyclic) bond motifs is 2. The molecule has 0 spiro atoms. The van der Waals surface area contributed by atoms with E-state index in [9.17, 15) is 10.1 Å². The topological polar surface area (TPSA) is 117 Å². The van der Waals surface area contributed by atoms with E-state index in [0.717, 1.165) is 16.8 Å². The van der Waals surface area contributed by atoms with Crippen LogP contribution >= 0.6 is 0 Å². The molecule has 154 valence electrons. The minimum atomic E-state index is -0.484. The van der Waals surface area contributed by atoms with Crippen molar-refractivity contribution in [1.29, 1.82) is 0 Å². The van der Waals surface area contributed by atoms with Crippen LogP contribution in [0.4, 0.5) is 11.4 Å². The van der Waals surface area contributed by atoms with Crippen LogP contribution in [-0.2, 0) is 0 Å². The molecule has 5 rings (SSSR count). The summed E-state index contributed by atoms with van der Waals surface area (Å²) in [4.78, 5) is 15.4. The Morgan fingerprint density at radius 2 is 1.97 bits per heavy atom. The van der Waals surface area contributed by atoms with Crippen LogP contribution in [0.3, 0.4) is 0 Å². The summed E-state index contributed by atoms with van der Waals surface area (Å²) >= 11 is 0. The molecule has 0 aliphatic carbocycles. The maximum Gasteiger partial charge on any atom is 0.282 e. The van der Waals surface area contributed by atoms with E-state index in [-0.39, 0.29) is 12.5 Å². The number of aromatic nitrogens is 3. The Kier molecular flexibility index (Phi) is 4.43. The predicted octanol–water partition coefficient (Wildman–Crippen LogP) is 3.81. The summed E-state index contributed by atoms with van der Waals surface area (Å²) in [6.45, 7) is 1.92. The lowest BCUT2D eigenvalue weighted by atomic mass is 10.1. The normalized spacial score (nSPS) is 12.5. The van der Waals surface area contributed by atoms with Gasteiger partial charge in [-0.3, -0.25) is 15.5 Å². The molecule has 1 aliphatic heterocycles. The Labute approximate surface area is 175 Å². The highest BCUT2D eigenvalue weighted by molar-refractivity contribution is 5.93. The zero-order chi connectivity index (χ0) is 21.4. The van der Waals surface area contributed by atoms with Gasteiger partial charge in [0, 0.05) is 6.20 Å². The molecule has 2 aromatic heterocycles. The summed E-state index contributed by atoms with van der Waals surface area (Å²) in [5.41, 5.74) is 6.16. The number of hydrazone groups is 1. The van der Waals surface area contributed by atoms with Crippen LogP contribution in [0.15, 0.2) is 59.8 Å². The number of pyridine rings is 1. The van der Waals surface area contributed by atoms with Gasteiger partial charge >= 0.3 is 0 Å². The number of aryl methyl sites for hydroxylation is 1. The molecule has 0 atom stereocenters. The molecule has 31 heavy (non-hydrogen) atoms. The molecule has 0 fully saturated rings. The van der Waals surface area contributed by atoms with Crippen molar-refractivity contribution < 1.29 is 14.4 Å². The van der Waals surface area contributed by atoms with Gasteiger partial charge in [-0.15, -0.1) is 0 Å². The molecule has 0 unspecified atom stereocenters. The monoisotopic (exact) mass is 416 g/mol. The fourth-order valence-electron chi connectivity index (χ4n) is 3.44. The van der Waals surface area contributed by atoms with Gasteiger partial charge in [-0.25, -0.2) is 9.67 Å². The predicted molar refractivity (Wildman–Crippen MR) is 114 cm³/mol. The van der Waals surface area contributed by atoms with Crippen LogP contribution in [0.25, 0.3) is 16.7 Å². The lowest BCUT2D eigenvalue weighted by Crippen LogP contribution is -1.98. The van der Waals surface area contributed by atoms with Crippen molar-refractivity contribution in [2.45, 2.75) is 6.92 Å². The molecule has 0 amide bonds. The van der Waals surface area contributed by atoms with E-state index in [0.29, 0.717) is 28.4 Å². The standard InChI is InChI=1S/C21H16N6O4/c1-13-20-16(7-8-22-21(20)26(25-13)15-5-3-2-4-6-15)24-23-11-14-9-18-19(31-12-30-18)10-17(14)27(28)29/h2-11H,12H2,1H3,(H,22,24). The van der Waals surface area contributed by atoms with E-state index in [4.69, 9.17) is 9.47 Å². The first-order valence-electron chi connectivity index (χ1n) is 9.38. The first kappa shape index (κ1) is 18.6. The smallest absolute Gasteiger partial charge is 0.282 e. The summed E-state index contributed by atoms with van der Waals surface area (Å²) in [6, 6.07) is 14.3. The van der Waals surface area contributed by atoms with Gasteiger partial charge in [0.25, 0.3) is 5.69 Å². The highest BCUT2D eigenvalue weighted by atomic mass is 16.7. The lowest BCUT2D eigenvalue weighted by molar-refractivity contribution is -0.385. The molecule has 0 saturated heterocycles. The number of hydrogen-bond acceptors (Lipinski definition) is 8. The van der Waals surface area contributed by atoms with Gasteiger partial charge in [0.05, 0.1) is 45.2 Å². The fourth-order valence-corrected chi connectivity index (χ4v) is 3.44. The SMILES string of the molecule is Cc1nn(-c2ccccc2)c2nccc(NN=Cc3cc4c(cc3[N+](=O)[O-])OCO4)c12. The van der Waals surface area contributed by atoms with Crippen molar-refractivity contribution >= 4 is 28.6 Å². The average Bonchev–Trinajstić information content (AvgIpc) is 3.38. The van der Waals surface area contributed by atoms with Gasteiger partial charge < -0.3 is 9.47 Å².